The van der Waals surface area contributed by atoms with Gasteiger partial charge in [-0.05, 0) is 30.3 Å². The van der Waals surface area contributed by atoms with Crippen molar-refractivity contribution in [3.05, 3.63) is 42.0 Å². The molecule has 9 heteroatoms. The molecule has 4 rings (SSSR count). The van der Waals surface area contributed by atoms with Crippen LogP contribution in [0, 0.1) is 0 Å². The summed E-state index contributed by atoms with van der Waals surface area (Å²) in [6, 6.07) is 9.69. The maximum absolute atomic E-state index is 13.4. The number of Topliss-reactive ketones (excluding diaryl/α,β-unsaturated/α-hetero) is 1. The summed E-state index contributed by atoms with van der Waals surface area (Å²) in [7, 11) is 0.540. The first-order chi connectivity index (χ1) is 14.3. The highest BCUT2D eigenvalue weighted by Crippen LogP contribution is 2.42. The Labute approximate surface area is 175 Å². The van der Waals surface area contributed by atoms with E-state index >= 15 is 0 Å². The van der Waals surface area contributed by atoms with E-state index in [1.54, 1.807) is 30.3 Å². The summed E-state index contributed by atoms with van der Waals surface area (Å²) in [4.78, 5) is 12.8. The molecule has 1 spiro atoms. The first kappa shape index (κ1) is 20.5. The largest absolute Gasteiger partial charge is 0.497 e. The molecule has 2 aliphatic heterocycles. The number of hydrogen-bond donors (Lipinski definition) is 0. The Morgan fingerprint density at radius 2 is 1.70 bits per heavy atom. The third-order valence-electron chi connectivity index (χ3n) is 5.57. The average Bonchev–Trinajstić information content (AvgIpc) is 3.16. The minimum Gasteiger partial charge on any atom is -0.497 e. The molecule has 1 saturated heterocycles. The molecule has 2 aromatic rings. The maximum Gasteiger partial charge on any atom is 0.247 e. The van der Waals surface area contributed by atoms with Crippen molar-refractivity contribution in [2.75, 3.05) is 34.4 Å². The number of sulfonamides is 1. The van der Waals surface area contributed by atoms with Crippen LogP contribution in [0.5, 0.6) is 23.0 Å². The molecule has 0 N–H and O–H groups in total. The minimum atomic E-state index is -3.88. The van der Waals surface area contributed by atoms with Crippen molar-refractivity contribution < 1.29 is 32.2 Å². The van der Waals surface area contributed by atoms with E-state index < -0.39 is 15.6 Å². The van der Waals surface area contributed by atoms with Crippen molar-refractivity contribution in [2.24, 2.45) is 0 Å². The smallest absolute Gasteiger partial charge is 0.247 e. The molecule has 160 valence electrons. The van der Waals surface area contributed by atoms with Crippen molar-refractivity contribution in [3.63, 3.8) is 0 Å². The summed E-state index contributed by atoms with van der Waals surface area (Å²) in [5, 5.41) is 0. The van der Waals surface area contributed by atoms with Crippen LogP contribution in [-0.4, -0.2) is 58.5 Å². The Bertz CT molecular complexity index is 1100. The van der Waals surface area contributed by atoms with Crippen LogP contribution in [0.4, 0.5) is 0 Å². The number of ether oxygens (including phenoxy) is 4. The Kier molecular flexibility index (Phi) is 5.11. The molecule has 2 aliphatic rings. The van der Waals surface area contributed by atoms with E-state index in [-0.39, 0.29) is 35.9 Å². The number of ketones is 1. The molecule has 2 aromatic carbocycles. The number of rotatable bonds is 5. The lowest BCUT2D eigenvalue weighted by Crippen LogP contribution is -2.45. The van der Waals surface area contributed by atoms with Gasteiger partial charge in [0.15, 0.2) is 5.78 Å². The van der Waals surface area contributed by atoms with E-state index in [1.807, 2.05) is 0 Å². The van der Waals surface area contributed by atoms with Crippen LogP contribution in [0.25, 0.3) is 0 Å². The number of carbonyl (C=O) groups excluding carboxylic acids is 1. The van der Waals surface area contributed by atoms with E-state index in [0.29, 0.717) is 29.2 Å². The van der Waals surface area contributed by atoms with Crippen LogP contribution < -0.4 is 18.9 Å². The molecular formula is C21H23NO7S. The molecule has 0 bridgehead atoms. The SMILES string of the molecule is COc1ccc2c(c1)C(=O)CC1(CCN(S(=O)(=O)c3cc(OC)ccc3OC)C1)O2. The molecule has 0 aliphatic carbocycles. The van der Waals surface area contributed by atoms with Gasteiger partial charge in [-0.2, -0.15) is 4.31 Å². The fraction of sp³-hybridized carbons (Fsp3) is 0.381. The molecule has 8 nitrogen and oxygen atoms in total. The zero-order valence-electron chi connectivity index (χ0n) is 17.0. The van der Waals surface area contributed by atoms with Crippen LogP contribution in [0.2, 0.25) is 0 Å². The molecule has 0 saturated carbocycles. The lowest BCUT2D eigenvalue weighted by Gasteiger charge is -2.34. The molecule has 30 heavy (non-hydrogen) atoms. The van der Waals surface area contributed by atoms with E-state index in [9.17, 15) is 13.2 Å². The van der Waals surface area contributed by atoms with Crippen molar-refractivity contribution in [2.45, 2.75) is 23.3 Å². The van der Waals surface area contributed by atoms with E-state index in [2.05, 4.69) is 0 Å². The summed E-state index contributed by atoms with van der Waals surface area (Å²) >= 11 is 0. The second-order valence-corrected chi connectivity index (χ2v) is 9.26. The van der Waals surface area contributed by atoms with Gasteiger partial charge in [-0.15, -0.1) is 0 Å². The first-order valence-corrected chi connectivity index (χ1v) is 10.9. The van der Waals surface area contributed by atoms with Gasteiger partial charge >= 0.3 is 0 Å². The molecule has 0 aromatic heterocycles. The highest BCUT2D eigenvalue weighted by atomic mass is 32.2. The number of nitrogens with zero attached hydrogens (tertiary/aromatic N) is 1. The zero-order valence-corrected chi connectivity index (χ0v) is 17.8. The van der Waals surface area contributed by atoms with Gasteiger partial charge in [0.1, 0.15) is 33.5 Å². The third kappa shape index (κ3) is 3.37. The highest BCUT2D eigenvalue weighted by molar-refractivity contribution is 7.89. The summed E-state index contributed by atoms with van der Waals surface area (Å²) in [6.45, 7) is 0.314. The fourth-order valence-corrected chi connectivity index (χ4v) is 5.65. The average molecular weight is 433 g/mol. The summed E-state index contributed by atoms with van der Waals surface area (Å²) in [5.74, 6) is 1.58. The first-order valence-electron chi connectivity index (χ1n) is 9.44. The van der Waals surface area contributed by atoms with Gasteiger partial charge in [0.2, 0.25) is 10.0 Å². The van der Waals surface area contributed by atoms with Gasteiger partial charge in [0, 0.05) is 19.0 Å². The Balaban J connectivity index is 1.64. The zero-order chi connectivity index (χ0) is 21.5. The normalized spacial score (nSPS) is 21.2. The van der Waals surface area contributed by atoms with Crippen LogP contribution >= 0.6 is 0 Å². The van der Waals surface area contributed by atoms with Crippen LogP contribution in [0.1, 0.15) is 23.2 Å². The van der Waals surface area contributed by atoms with Crippen molar-refractivity contribution in [1.29, 1.82) is 0 Å². The molecule has 0 radical (unpaired) electrons. The molecule has 1 unspecified atom stereocenters. The third-order valence-corrected chi connectivity index (χ3v) is 7.43. The topological polar surface area (TPSA) is 91.4 Å². The van der Waals surface area contributed by atoms with Crippen LogP contribution in [0.3, 0.4) is 0 Å². The Hall–Kier alpha value is -2.78. The van der Waals surface area contributed by atoms with Gasteiger partial charge in [-0.25, -0.2) is 8.42 Å². The minimum absolute atomic E-state index is 0.0219. The number of carbonyl (C=O) groups is 1. The lowest BCUT2D eigenvalue weighted by molar-refractivity contribution is 0.0497. The van der Waals surface area contributed by atoms with Gasteiger partial charge in [-0.3, -0.25) is 4.79 Å². The monoisotopic (exact) mass is 433 g/mol. The highest BCUT2D eigenvalue weighted by Gasteiger charge is 2.49. The Morgan fingerprint density at radius 3 is 2.40 bits per heavy atom. The molecule has 1 fully saturated rings. The standard InChI is InChI=1S/C21H23NO7S/c1-26-14-4-6-18-16(10-14)17(23)12-21(29-18)8-9-22(13-21)30(24,25)20-11-15(27-2)5-7-19(20)28-3/h4-7,10-11H,8-9,12-13H2,1-3H3. The van der Waals surface area contributed by atoms with Crippen LogP contribution in [-0.2, 0) is 10.0 Å². The quantitative estimate of drug-likeness (QED) is 0.715. The number of methoxy groups -OCH3 is 3. The predicted octanol–water partition coefficient (Wildman–Crippen LogP) is 2.51. The van der Waals surface area contributed by atoms with E-state index in [4.69, 9.17) is 18.9 Å². The van der Waals surface area contributed by atoms with E-state index in [1.165, 1.54) is 31.7 Å². The van der Waals surface area contributed by atoms with Crippen molar-refractivity contribution in [3.8, 4) is 23.0 Å². The summed E-state index contributed by atoms with van der Waals surface area (Å²) in [5.41, 5.74) is -0.437. The van der Waals surface area contributed by atoms with Gasteiger partial charge in [0.25, 0.3) is 0 Å². The van der Waals surface area contributed by atoms with E-state index in [0.717, 1.165) is 0 Å². The van der Waals surface area contributed by atoms with Gasteiger partial charge < -0.3 is 18.9 Å². The second kappa shape index (κ2) is 7.48. The van der Waals surface area contributed by atoms with Crippen molar-refractivity contribution in [1.82, 2.24) is 4.31 Å². The number of fused-ring (bicyclic) bond motifs is 1. The summed E-state index contributed by atoms with van der Waals surface area (Å²) in [6.07, 6.45) is 0.518. The predicted molar refractivity (Wildman–Crippen MR) is 108 cm³/mol. The molecular weight excluding hydrogens is 410 g/mol. The molecule has 1 atom stereocenters. The summed E-state index contributed by atoms with van der Waals surface area (Å²) < 4.78 is 49.8. The number of benzene rings is 2. The molecule has 2 heterocycles. The lowest BCUT2D eigenvalue weighted by atomic mass is 9.89. The maximum atomic E-state index is 13.4. The fourth-order valence-electron chi connectivity index (χ4n) is 3.97. The second-order valence-electron chi connectivity index (χ2n) is 7.35. The van der Waals surface area contributed by atoms with Crippen LogP contribution in [0.15, 0.2) is 41.3 Å². The Morgan fingerprint density at radius 1 is 1.00 bits per heavy atom. The van der Waals surface area contributed by atoms with Gasteiger partial charge in [-0.1, -0.05) is 0 Å². The van der Waals surface area contributed by atoms with Gasteiger partial charge in [0.05, 0.1) is 39.9 Å². The molecule has 0 amide bonds. The van der Waals surface area contributed by atoms with Crippen molar-refractivity contribution >= 4 is 15.8 Å². The number of hydrogen-bond acceptors (Lipinski definition) is 7.